The number of rotatable bonds is 3. The van der Waals surface area contributed by atoms with Crippen molar-refractivity contribution >= 4 is 11.7 Å². The van der Waals surface area contributed by atoms with Crippen molar-refractivity contribution < 1.29 is 9.18 Å². The molecule has 3 aromatic heterocycles. The smallest absolute Gasteiger partial charge is 0.256 e. The van der Waals surface area contributed by atoms with Crippen LogP contribution >= 0.6 is 0 Å². The highest BCUT2D eigenvalue weighted by Gasteiger charge is 2.34. The first-order valence-corrected chi connectivity index (χ1v) is 10.1. The maximum atomic E-state index is 14.4. The lowest BCUT2D eigenvalue weighted by molar-refractivity contribution is 0.0661. The number of hydrogen-bond acceptors (Lipinski definition) is 5. The number of amides is 1. The Morgan fingerprint density at radius 1 is 1.21 bits per heavy atom. The van der Waals surface area contributed by atoms with Gasteiger partial charge in [-0.2, -0.15) is 10.1 Å². The molecule has 1 aliphatic carbocycles. The molecule has 1 aliphatic heterocycles. The molecule has 1 saturated heterocycles. The molecule has 2 aliphatic rings. The quantitative estimate of drug-likeness (QED) is 0.682. The van der Waals surface area contributed by atoms with Gasteiger partial charge < -0.3 is 4.90 Å². The van der Waals surface area contributed by atoms with Gasteiger partial charge in [0.15, 0.2) is 5.82 Å². The maximum Gasteiger partial charge on any atom is 0.256 e. The summed E-state index contributed by atoms with van der Waals surface area (Å²) in [6.07, 6.45) is 5.65. The second-order valence-corrected chi connectivity index (χ2v) is 8.28. The summed E-state index contributed by atoms with van der Waals surface area (Å²) in [6, 6.07) is 3.66. The summed E-state index contributed by atoms with van der Waals surface area (Å²) >= 11 is 0. The molecule has 1 saturated carbocycles. The Morgan fingerprint density at radius 2 is 2.03 bits per heavy atom. The van der Waals surface area contributed by atoms with Gasteiger partial charge in [0.25, 0.3) is 11.7 Å². The number of nitrogens with zero attached hydrogens (tertiary/aromatic N) is 6. The van der Waals surface area contributed by atoms with Gasteiger partial charge in [-0.05, 0) is 44.2 Å². The highest BCUT2D eigenvalue weighted by Crippen LogP contribution is 2.39. The Hall–Kier alpha value is -2.90. The zero-order valence-electron chi connectivity index (χ0n) is 16.5. The van der Waals surface area contributed by atoms with E-state index in [9.17, 15) is 9.18 Å². The molecule has 0 radical (unpaired) electrons. The number of carbonyl (C=O) groups is 1. The predicted molar refractivity (Wildman–Crippen MR) is 104 cm³/mol. The summed E-state index contributed by atoms with van der Waals surface area (Å²) in [7, 11) is 0. The first kappa shape index (κ1) is 18.1. The van der Waals surface area contributed by atoms with Crippen molar-refractivity contribution in [3.63, 3.8) is 0 Å². The number of aromatic nitrogens is 5. The van der Waals surface area contributed by atoms with E-state index in [1.807, 2.05) is 13.0 Å². The van der Waals surface area contributed by atoms with Crippen LogP contribution in [0.15, 0.2) is 24.7 Å². The lowest BCUT2D eigenvalue weighted by Crippen LogP contribution is -2.43. The third-order valence-electron chi connectivity index (χ3n) is 6.14. The zero-order chi connectivity index (χ0) is 20.1. The van der Waals surface area contributed by atoms with E-state index in [1.54, 1.807) is 15.5 Å². The summed E-state index contributed by atoms with van der Waals surface area (Å²) in [4.78, 5) is 27.7. The van der Waals surface area contributed by atoms with Crippen LogP contribution in [0.25, 0.3) is 5.78 Å². The molecule has 8 heteroatoms. The average molecular weight is 394 g/mol. The van der Waals surface area contributed by atoms with E-state index in [4.69, 9.17) is 0 Å². The van der Waals surface area contributed by atoms with Gasteiger partial charge in [0.1, 0.15) is 6.33 Å². The summed E-state index contributed by atoms with van der Waals surface area (Å²) in [5, 5.41) is 4.32. The van der Waals surface area contributed by atoms with Gasteiger partial charge in [0.2, 0.25) is 0 Å². The van der Waals surface area contributed by atoms with E-state index in [1.165, 1.54) is 12.5 Å². The molecule has 2 fully saturated rings. The number of likely N-dealkylation sites (tertiary alicyclic amines) is 1. The number of halogens is 1. The number of aryl methyl sites for hydroxylation is 1. The van der Waals surface area contributed by atoms with Crippen molar-refractivity contribution in [2.24, 2.45) is 5.92 Å². The van der Waals surface area contributed by atoms with Crippen LogP contribution in [0.2, 0.25) is 0 Å². The molecular formula is C21H23FN6O. The Bertz CT molecular complexity index is 1090. The molecule has 29 heavy (non-hydrogen) atoms. The van der Waals surface area contributed by atoms with Crippen molar-refractivity contribution in [1.82, 2.24) is 29.5 Å². The van der Waals surface area contributed by atoms with E-state index >= 15 is 0 Å². The van der Waals surface area contributed by atoms with Crippen LogP contribution in [-0.2, 0) is 0 Å². The molecule has 3 aromatic rings. The summed E-state index contributed by atoms with van der Waals surface area (Å²) in [6.45, 7) is 5.24. The number of hydrogen-bond donors (Lipinski definition) is 0. The number of fused-ring (bicyclic) bond motifs is 1. The second kappa shape index (κ2) is 6.86. The van der Waals surface area contributed by atoms with Gasteiger partial charge >= 0.3 is 0 Å². The van der Waals surface area contributed by atoms with Gasteiger partial charge in [-0.15, -0.1) is 0 Å². The molecular weight excluding hydrogens is 371 g/mol. The highest BCUT2D eigenvalue weighted by molar-refractivity contribution is 5.94. The van der Waals surface area contributed by atoms with Crippen LogP contribution in [0.1, 0.15) is 65.5 Å². The molecule has 0 unspecified atom stereocenters. The van der Waals surface area contributed by atoms with Crippen molar-refractivity contribution in [2.75, 3.05) is 13.1 Å². The lowest BCUT2D eigenvalue weighted by Gasteiger charge is -2.37. The minimum Gasteiger partial charge on any atom is -0.338 e. The maximum absolute atomic E-state index is 14.4. The molecule has 1 amide bonds. The van der Waals surface area contributed by atoms with Crippen LogP contribution < -0.4 is 0 Å². The first-order valence-electron chi connectivity index (χ1n) is 10.1. The third-order valence-corrected chi connectivity index (χ3v) is 6.14. The molecule has 0 spiro atoms. The molecule has 2 atom stereocenters. The van der Waals surface area contributed by atoms with Crippen LogP contribution in [0.5, 0.6) is 0 Å². The van der Waals surface area contributed by atoms with E-state index in [2.05, 4.69) is 27.0 Å². The van der Waals surface area contributed by atoms with E-state index in [0.29, 0.717) is 30.7 Å². The standard InChI is InChI=1S/C21H23FN6O/c1-12-5-6-27(20(29)15-8-18(14-3-4-14)23-9-17(15)22)10-16(12)19-7-13(2)26-21-24-11-25-28(19)21/h7-9,11-12,14,16H,3-6,10H2,1-2H3/t12-,16-/m1/s1. The number of piperidine rings is 1. The number of pyridine rings is 1. The first-order chi connectivity index (χ1) is 14.0. The topological polar surface area (TPSA) is 76.3 Å². The van der Waals surface area contributed by atoms with Crippen LogP contribution in [0, 0.1) is 18.7 Å². The van der Waals surface area contributed by atoms with E-state index < -0.39 is 5.82 Å². The van der Waals surface area contributed by atoms with Gasteiger partial charge in [-0.25, -0.2) is 13.9 Å². The summed E-state index contributed by atoms with van der Waals surface area (Å²) < 4.78 is 16.2. The van der Waals surface area contributed by atoms with Gasteiger partial charge in [-0.3, -0.25) is 9.78 Å². The molecule has 0 bridgehead atoms. The lowest BCUT2D eigenvalue weighted by atomic mass is 9.84. The highest BCUT2D eigenvalue weighted by atomic mass is 19.1. The zero-order valence-corrected chi connectivity index (χ0v) is 16.5. The average Bonchev–Trinajstić information content (AvgIpc) is 3.45. The minimum absolute atomic E-state index is 0.0754. The SMILES string of the molecule is Cc1cc([C@@H]2CN(C(=O)c3cc(C4CC4)ncc3F)CC[C@H]2C)n2ncnc2n1. The fraction of sp³-hybridized carbons (Fsp3) is 0.476. The molecule has 7 nitrogen and oxygen atoms in total. The summed E-state index contributed by atoms with van der Waals surface area (Å²) in [5.41, 5.74) is 2.81. The molecule has 5 rings (SSSR count). The second-order valence-electron chi connectivity index (χ2n) is 8.28. The normalized spacial score (nSPS) is 22.2. The van der Waals surface area contributed by atoms with Crippen molar-refractivity contribution in [1.29, 1.82) is 0 Å². The van der Waals surface area contributed by atoms with Gasteiger partial charge in [0.05, 0.1) is 17.5 Å². The molecule has 4 heterocycles. The Balaban J connectivity index is 1.46. The number of carbonyl (C=O) groups excluding carboxylic acids is 1. The van der Waals surface area contributed by atoms with Gasteiger partial charge in [-0.1, -0.05) is 6.92 Å². The molecule has 150 valence electrons. The van der Waals surface area contributed by atoms with Crippen LogP contribution in [-0.4, -0.2) is 48.5 Å². The Morgan fingerprint density at radius 3 is 2.83 bits per heavy atom. The Kier molecular flexibility index (Phi) is 4.29. The Labute approximate surface area is 168 Å². The monoisotopic (exact) mass is 394 g/mol. The molecule has 0 N–H and O–H groups in total. The van der Waals surface area contributed by atoms with Crippen LogP contribution in [0.4, 0.5) is 4.39 Å². The van der Waals surface area contributed by atoms with Crippen molar-refractivity contribution in [3.05, 3.63) is 53.1 Å². The van der Waals surface area contributed by atoms with Crippen molar-refractivity contribution in [2.45, 2.75) is 44.9 Å². The fourth-order valence-corrected chi connectivity index (χ4v) is 4.25. The van der Waals surface area contributed by atoms with E-state index in [-0.39, 0.29) is 17.4 Å². The largest absolute Gasteiger partial charge is 0.338 e. The van der Waals surface area contributed by atoms with Gasteiger partial charge in [0, 0.05) is 36.3 Å². The van der Waals surface area contributed by atoms with Crippen LogP contribution in [0.3, 0.4) is 0 Å². The minimum atomic E-state index is -0.548. The van der Waals surface area contributed by atoms with E-state index in [0.717, 1.165) is 36.3 Å². The fourth-order valence-electron chi connectivity index (χ4n) is 4.25. The molecule has 0 aromatic carbocycles. The summed E-state index contributed by atoms with van der Waals surface area (Å²) in [5.74, 6) is 0.558. The third kappa shape index (κ3) is 3.26. The predicted octanol–water partition coefficient (Wildman–Crippen LogP) is 3.11. The van der Waals surface area contributed by atoms with Crippen molar-refractivity contribution in [3.8, 4) is 0 Å².